The van der Waals surface area contributed by atoms with Gasteiger partial charge in [0.1, 0.15) is 5.82 Å². The molecule has 0 fully saturated rings. The van der Waals surface area contributed by atoms with E-state index >= 15 is 0 Å². The summed E-state index contributed by atoms with van der Waals surface area (Å²) in [6, 6.07) is 7.35. The SMILES string of the molecule is NCc1cccc(-c2nnc3n2CC(C(F)(F)F)CC3)c1. The third-order valence-corrected chi connectivity index (χ3v) is 3.83. The van der Waals surface area contributed by atoms with Gasteiger partial charge in [-0.25, -0.2) is 0 Å². The van der Waals surface area contributed by atoms with Gasteiger partial charge in [0.25, 0.3) is 0 Å². The van der Waals surface area contributed by atoms with E-state index in [1.165, 1.54) is 0 Å². The molecule has 1 aliphatic rings. The third-order valence-electron chi connectivity index (χ3n) is 3.83. The first-order chi connectivity index (χ1) is 9.99. The maximum absolute atomic E-state index is 12.9. The van der Waals surface area contributed by atoms with Gasteiger partial charge < -0.3 is 10.3 Å². The standard InChI is InChI=1S/C14H15F3N4/c15-14(16,17)11-4-5-12-19-20-13(21(12)8-11)10-3-1-2-9(6-10)7-18/h1-3,6,11H,4-5,7-8,18H2. The second-order valence-electron chi connectivity index (χ2n) is 5.23. The van der Waals surface area contributed by atoms with Crippen molar-refractivity contribution in [2.75, 3.05) is 0 Å². The van der Waals surface area contributed by atoms with Crippen LogP contribution in [0.15, 0.2) is 24.3 Å². The Balaban J connectivity index is 1.98. The van der Waals surface area contributed by atoms with Crippen LogP contribution in [-0.2, 0) is 19.5 Å². The Bertz CT molecular complexity index is 648. The van der Waals surface area contributed by atoms with Crippen LogP contribution in [-0.4, -0.2) is 20.9 Å². The smallest absolute Gasteiger partial charge is 0.326 e. The number of aromatic nitrogens is 3. The zero-order valence-electron chi connectivity index (χ0n) is 11.3. The maximum atomic E-state index is 12.9. The van der Waals surface area contributed by atoms with Crippen molar-refractivity contribution < 1.29 is 13.2 Å². The zero-order chi connectivity index (χ0) is 15.0. The summed E-state index contributed by atoms with van der Waals surface area (Å²) >= 11 is 0. The van der Waals surface area contributed by atoms with Crippen molar-refractivity contribution >= 4 is 0 Å². The molecule has 3 rings (SSSR count). The summed E-state index contributed by atoms with van der Waals surface area (Å²) in [6.07, 6.45) is -3.81. The first-order valence-electron chi connectivity index (χ1n) is 6.77. The number of alkyl halides is 3. The number of halogens is 3. The first-order valence-corrected chi connectivity index (χ1v) is 6.77. The summed E-state index contributed by atoms with van der Waals surface area (Å²) in [4.78, 5) is 0. The summed E-state index contributed by atoms with van der Waals surface area (Å²) in [5.74, 6) is -0.240. The molecule has 21 heavy (non-hydrogen) atoms. The fraction of sp³-hybridized carbons (Fsp3) is 0.429. The lowest BCUT2D eigenvalue weighted by Gasteiger charge is -2.26. The second kappa shape index (κ2) is 5.14. The fourth-order valence-corrected chi connectivity index (χ4v) is 2.65. The second-order valence-corrected chi connectivity index (χ2v) is 5.23. The van der Waals surface area contributed by atoms with Gasteiger partial charge in [-0.1, -0.05) is 18.2 Å². The molecule has 1 aromatic carbocycles. The Hall–Kier alpha value is -1.89. The Morgan fingerprint density at radius 3 is 2.81 bits per heavy atom. The Kier molecular flexibility index (Phi) is 3.44. The van der Waals surface area contributed by atoms with Crippen molar-refractivity contribution in [1.82, 2.24) is 14.8 Å². The predicted octanol–water partition coefficient (Wildman–Crippen LogP) is 2.53. The molecule has 0 bridgehead atoms. The largest absolute Gasteiger partial charge is 0.393 e. The van der Waals surface area contributed by atoms with E-state index in [1.54, 1.807) is 4.57 Å². The predicted molar refractivity (Wildman–Crippen MR) is 71.2 cm³/mol. The summed E-state index contributed by atoms with van der Waals surface area (Å²) < 4.78 is 40.4. The molecular formula is C14H15F3N4. The average Bonchev–Trinajstić information content (AvgIpc) is 2.89. The van der Waals surface area contributed by atoms with Gasteiger partial charge in [0.05, 0.1) is 5.92 Å². The van der Waals surface area contributed by atoms with E-state index in [0.29, 0.717) is 24.6 Å². The molecule has 4 nitrogen and oxygen atoms in total. The number of aryl methyl sites for hydroxylation is 1. The number of hydrogen-bond acceptors (Lipinski definition) is 3. The first kappa shape index (κ1) is 14.1. The molecule has 0 spiro atoms. The normalized spacial score (nSPS) is 18.6. The molecule has 2 heterocycles. The van der Waals surface area contributed by atoms with Crippen LogP contribution >= 0.6 is 0 Å². The van der Waals surface area contributed by atoms with Crippen molar-refractivity contribution in [2.45, 2.75) is 32.1 Å². The van der Waals surface area contributed by atoms with Crippen LogP contribution in [0.2, 0.25) is 0 Å². The fourth-order valence-electron chi connectivity index (χ4n) is 2.65. The number of rotatable bonds is 2. The van der Waals surface area contributed by atoms with Gasteiger partial charge in [-0.05, 0) is 18.1 Å². The topological polar surface area (TPSA) is 56.7 Å². The number of nitrogens with two attached hydrogens (primary N) is 1. The van der Waals surface area contributed by atoms with Gasteiger partial charge >= 0.3 is 6.18 Å². The van der Waals surface area contributed by atoms with Crippen LogP contribution in [0.4, 0.5) is 13.2 Å². The minimum absolute atomic E-state index is 0.0739. The summed E-state index contributed by atoms with van der Waals surface area (Å²) in [5.41, 5.74) is 7.26. The maximum Gasteiger partial charge on any atom is 0.393 e. The minimum atomic E-state index is -4.18. The lowest BCUT2D eigenvalue weighted by molar-refractivity contribution is -0.182. The third kappa shape index (κ3) is 2.65. The molecule has 2 aromatic rings. The van der Waals surface area contributed by atoms with Crippen molar-refractivity contribution in [1.29, 1.82) is 0 Å². The van der Waals surface area contributed by atoms with E-state index in [-0.39, 0.29) is 13.0 Å². The van der Waals surface area contributed by atoms with E-state index in [0.717, 1.165) is 11.1 Å². The van der Waals surface area contributed by atoms with Crippen LogP contribution in [0, 0.1) is 5.92 Å². The van der Waals surface area contributed by atoms with Crippen LogP contribution in [0.5, 0.6) is 0 Å². The highest BCUT2D eigenvalue weighted by molar-refractivity contribution is 5.56. The van der Waals surface area contributed by atoms with Crippen LogP contribution < -0.4 is 5.73 Å². The lowest BCUT2D eigenvalue weighted by Crippen LogP contribution is -2.32. The molecule has 1 aromatic heterocycles. The quantitative estimate of drug-likeness (QED) is 0.926. The highest BCUT2D eigenvalue weighted by atomic mass is 19.4. The number of hydrogen-bond donors (Lipinski definition) is 1. The zero-order valence-corrected chi connectivity index (χ0v) is 11.3. The van der Waals surface area contributed by atoms with E-state index in [2.05, 4.69) is 10.2 Å². The van der Waals surface area contributed by atoms with Gasteiger partial charge in [0.15, 0.2) is 5.82 Å². The Morgan fingerprint density at radius 2 is 2.10 bits per heavy atom. The molecule has 112 valence electrons. The van der Waals surface area contributed by atoms with E-state index < -0.39 is 12.1 Å². The average molecular weight is 296 g/mol. The summed E-state index contributed by atoms with van der Waals surface area (Å²) in [7, 11) is 0. The van der Waals surface area contributed by atoms with Crippen LogP contribution in [0.3, 0.4) is 0 Å². The minimum Gasteiger partial charge on any atom is -0.326 e. The molecule has 0 saturated carbocycles. The molecule has 1 aliphatic heterocycles. The molecule has 1 atom stereocenters. The molecule has 0 radical (unpaired) electrons. The number of nitrogens with zero attached hydrogens (tertiary/aromatic N) is 3. The van der Waals surface area contributed by atoms with Crippen molar-refractivity contribution in [3.05, 3.63) is 35.7 Å². The number of fused-ring (bicyclic) bond motifs is 1. The Labute approximate surface area is 119 Å². The van der Waals surface area contributed by atoms with E-state index in [9.17, 15) is 13.2 Å². The van der Waals surface area contributed by atoms with Gasteiger partial charge in [0.2, 0.25) is 0 Å². The molecular weight excluding hydrogens is 281 g/mol. The molecule has 0 aliphatic carbocycles. The lowest BCUT2D eigenvalue weighted by atomic mass is 9.98. The highest BCUT2D eigenvalue weighted by Gasteiger charge is 2.42. The molecule has 7 heteroatoms. The van der Waals surface area contributed by atoms with Gasteiger partial charge in [-0.15, -0.1) is 10.2 Å². The summed E-state index contributed by atoms with van der Waals surface area (Å²) in [6.45, 7) is 0.258. The summed E-state index contributed by atoms with van der Waals surface area (Å²) in [5, 5.41) is 8.08. The van der Waals surface area contributed by atoms with Crippen molar-refractivity contribution in [3.63, 3.8) is 0 Å². The van der Waals surface area contributed by atoms with Crippen LogP contribution in [0.1, 0.15) is 17.8 Å². The van der Waals surface area contributed by atoms with Crippen molar-refractivity contribution in [2.24, 2.45) is 11.7 Å². The van der Waals surface area contributed by atoms with Gasteiger partial charge in [-0.2, -0.15) is 13.2 Å². The molecule has 1 unspecified atom stereocenters. The number of benzene rings is 1. The van der Waals surface area contributed by atoms with Gasteiger partial charge in [0, 0.05) is 25.1 Å². The van der Waals surface area contributed by atoms with E-state index in [1.807, 2.05) is 24.3 Å². The highest BCUT2D eigenvalue weighted by Crippen LogP contribution is 2.35. The molecule has 0 saturated heterocycles. The van der Waals surface area contributed by atoms with E-state index in [4.69, 9.17) is 5.73 Å². The molecule has 2 N–H and O–H groups in total. The van der Waals surface area contributed by atoms with Crippen molar-refractivity contribution in [3.8, 4) is 11.4 Å². The van der Waals surface area contributed by atoms with Gasteiger partial charge in [-0.3, -0.25) is 0 Å². The molecule has 0 amide bonds. The monoisotopic (exact) mass is 296 g/mol. The Morgan fingerprint density at radius 1 is 1.29 bits per heavy atom. The van der Waals surface area contributed by atoms with Crippen LogP contribution in [0.25, 0.3) is 11.4 Å².